The van der Waals surface area contributed by atoms with Gasteiger partial charge in [0.15, 0.2) is 0 Å². The van der Waals surface area contributed by atoms with E-state index in [-0.39, 0.29) is 73.8 Å². The van der Waals surface area contributed by atoms with Crippen LogP contribution in [0, 0.1) is 6.08 Å². The molecular weight excluding hydrogens is 648 g/mol. The van der Waals surface area contributed by atoms with Crippen molar-refractivity contribution in [1.29, 1.82) is 0 Å². The monoisotopic (exact) mass is 670 g/mol. The number of fused-ring (bicyclic) bond motifs is 1. The van der Waals surface area contributed by atoms with Gasteiger partial charge < -0.3 is 48.0 Å². The zero-order chi connectivity index (χ0) is 12.6. The van der Waals surface area contributed by atoms with Crippen LogP contribution in [0.4, 0.5) is 0 Å². The van der Waals surface area contributed by atoms with Crippen molar-refractivity contribution in [2.24, 2.45) is 0 Å². The topological polar surface area (TPSA) is 0 Å². The maximum atomic E-state index is 3.30. The molecular formula is C18H20HfI2. The van der Waals surface area contributed by atoms with E-state index in [0.29, 0.717) is 0 Å². The molecule has 0 saturated heterocycles. The van der Waals surface area contributed by atoms with Gasteiger partial charge in [-0.3, -0.25) is 6.08 Å². The van der Waals surface area contributed by atoms with Crippen molar-refractivity contribution in [3.63, 3.8) is 0 Å². The van der Waals surface area contributed by atoms with Gasteiger partial charge >= 0.3 is 25.8 Å². The van der Waals surface area contributed by atoms with E-state index in [0.717, 1.165) is 6.42 Å². The molecule has 1 aliphatic rings. The van der Waals surface area contributed by atoms with Crippen LogP contribution in [0.1, 0.15) is 32.6 Å². The molecule has 0 aromatic heterocycles. The summed E-state index contributed by atoms with van der Waals surface area (Å²) in [6, 6.07) is 14.7. The third-order valence-electron chi connectivity index (χ3n) is 3.11. The molecule has 2 aromatic rings. The Kier molecular flexibility index (Phi) is 16.2. The first-order valence-electron chi connectivity index (χ1n) is 6.77. The quantitative estimate of drug-likeness (QED) is 0.234. The Hall–Kier alpha value is 0.640. The fourth-order valence-electron chi connectivity index (χ4n) is 2.06. The molecule has 0 saturated carbocycles. The van der Waals surface area contributed by atoms with E-state index in [1.807, 2.05) is 0 Å². The molecule has 0 amide bonds. The van der Waals surface area contributed by atoms with Gasteiger partial charge in [-0.15, -0.1) is 36.1 Å². The zero-order valence-electron chi connectivity index (χ0n) is 12.3. The van der Waals surface area contributed by atoms with Crippen LogP contribution in [0.3, 0.4) is 0 Å². The van der Waals surface area contributed by atoms with Gasteiger partial charge in [0.2, 0.25) is 0 Å². The smallest absolute Gasteiger partial charge is 1.00 e. The van der Waals surface area contributed by atoms with Crippen molar-refractivity contribution >= 4 is 10.8 Å². The van der Waals surface area contributed by atoms with Crippen molar-refractivity contribution in [3.8, 4) is 0 Å². The van der Waals surface area contributed by atoms with E-state index in [1.165, 1.54) is 35.6 Å². The third-order valence-corrected chi connectivity index (χ3v) is 3.11. The van der Waals surface area contributed by atoms with Crippen LogP contribution in [-0.2, 0) is 25.8 Å². The second kappa shape index (κ2) is 14.2. The van der Waals surface area contributed by atoms with Gasteiger partial charge in [-0.05, 0) is 0 Å². The summed E-state index contributed by atoms with van der Waals surface area (Å²) in [5, 5.41) is 2.66. The summed E-state index contributed by atoms with van der Waals surface area (Å²) >= 11 is 0. The number of hydrogen-bond acceptors (Lipinski definition) is 0. The van der Waals surface area contributed by atoms with E-state index in [2.05, 4.69) is 67.6 Å². The molecule has 0 N–H and O–H groups in total. The second-order valence-corrected chi connectivity index (χ2v) is 4.57. The van der Waals surface area contributed by atoms with Gasteiger partial charge in [-0.1, -0.05) is 32.3 Å². The zero-order valence-corrected chi connectivity index (χ0v) is 20.2. The number of rotatable bonds is 3. The molecule has 0 unspecified atom stereocenters. The second-order valence-electron chi connectivity index (χ2n) is 4.57. The van der Waals surface area contributed by atoms with Gasteiger partial charge in [0.05, 0.1) is 0 Å². The predicted octanol–water partition coefficient (Wildman–Crippen LogP) is -0.570. The molecule has 0 radical (unpaired) electrons. The SMILES string of the molecule is CCCCC1=[C-]CC=C1.[Hf+4].[I-].[I-].c1ccc2[cH-]ccc2c1. The van der Waals surface area contributed by atoms with Gasteiger partial charge in [0.25, 0.3) is 0 Å². The number of allylic oxidation sites excluding steroid dienone is 4. The van der Waals surface area contributed by atoms with Gasteiger partial charge in [-0.2, -0.15) is 23.6 Å². The molecule has 2 aromatic carbocycles. The summed E-state index contributed by atoms with van der Waals surface area (Å²) in [5.74, 6) is 0. The van der Waals surface area contributed by atoms with Crippen LogP contribution in [0.25, 0.3) is 10.8 Å². The molecule has 0 nitrogen and oxygen atoms in total. The standard InChI is InChI=1S/C9H7.C9H13.Hf.2HI/c1-2-5-9-7-3-6-8(9)4-1;1-2-3-6-9-7-4-5-8-9;;;/h1-7H;4,7H,2-3,5-6H2,1H3;;2*1H/q2*-1;+4;;/p-2. The fraction of sp³-hybridized carbons (Fsp3) is 0.278. The molecule has 0 heterocycles. The third kappa shape index (κ3) is 8.74. The van der Waals surface area contributed by atoms with Crippen molar-refractivity contribution in [1.82, 2.24) is 0 Å². The fourth-order valence-corrected chi connectivity index (χ4v) is 2.06. The minimum atomic E-state index is 0. The van der Waals surface area contributed by atoms with E-state index in [9.17, 15) is 0 Å². The molecule has 0 spiro atoms. The Balaban J connectivity index is 0. The minimum absolute atomic E-state index is 0. The summed E-state index contributed by atoms with van der Waals surface area (Å²) in [7, 11) is 0. The van der Waals surface area contributed by atoms with Gasteiger partial charge in [0.1, 0.15) is 0 Å². The average molecular weight is 669 g/mol. The Morgan fingerprint density at radius 1 is 1.14 bits per heavy atom. The number of hydrogen-bond donors (Lipinski definition) is 0. The molecule has 21 heavy (non-hydrogen) atoms. The molecule has 0 atom stereocenters. The Morgan fingerprint density at radius 3 is 2.52 bits per heavy atom. The number of benzene rings is 1. The average Bonchev–Trinajstić information content (AvgIpc) is 3.08. The maximum absolute atomic E-state index is 3.30. The minimum Gasteiger partial charge on any atom is -1.00 e. The number of unbranched alkanes of at least 4 members (excludes halogenated alkanes) is 1. The summed E-state index contributed by atoms with van der Waals surface area (Å²) in [4.78, 5) is 0. The van der Waals surface area contributed by atoms with Crippen molar-refractivity contribution < 1.29 is 73.8 Å². The van der Waals surface area contributed by atoms with Crippen molar-refractivity contribution in [3.05, 3.63) is 66.3 Å². The maximum Gasteiger partial charge on any atom is 4.00 e. The molecule has 110 valence electrons. The summed E-state index contributed by atoms with van der Waals surface area (Å²) in [6.07, 6.45) is 12.5. The van der Waals surface area contributed by atoms with E-state index >= 15 is 0 Å². The molecule has 1 aliphatic carbocycles. The summed E-state index contributed by atoms with van der Waals surface area (Å²) in [5.41, 5.74) is 1.41. The first-order valence-corrected chi connectivity index (χ1v) is 6.77. The van der Waals surface area contributed by atoms with E-state index in [4.69, 9.17) is 0 Å². The Bertz CT molecular complexity index is 511. The van der Waals surface area contributed by atoms with Gasteiger partial charge in [-0.25, -0.2) is 11.6 Å². The molecule has 0 fully saturated rings. The van der Waals surface area contributed by atoms with Crippen molar-refractivity contribution in [2.75, 3.05) is 0 Å². The van der Waals surface area contributed by atoms with E-state index < -0.39 is 0 Å². The van der Waals surface area contributed by atoms with Crippen LogP contribution in [-0.4, -0.2) is 0 Å². The largest absolute Gasteiger partial charge is 4.00 e. The van der Waals surface area contributed by atoms with Crippen LogP contribution in [0.2, 0.25) is 0 Å². The number of halogens is 2. The van der Waals surface area contributed by atoms with Crippen LogP contribution in [0.5, 0.6) is 0 Å². The summed E-state index contributed by atoms with van der Waals surface area (Å²) in [6.45, 7) is 2.22. The Labute approximate surface area is 181 Å². The van der Waals surface area contributed by atoms with Crippen LogP contribution in [0.15, 0.2) is 60.2 Å². The first-order chi connectivity index (χ1) is 8.90. The van der Waals surface area contributed by atoms with Crippen molar-refractivity contribution in [2.45, 2.75) is 32.6 Å². The Morgan fingerprint density at radius 2 is 1.90 bits per heavy atom. The molecule has 3 heteroatoms. The van der Waals surface area contributed by atoms with Crippen LogP contribution >= 0.6 is 0 Å². The predicted molar refractivity (Wildman–Crippen MR) is 79.6 cm³/mol. The van der Waals surface area contributed by atoms with Crippen LogP contribution < -0.4 is 48.0 Å². The van der Waals surface area contributed by atoms with E-state index in [1.54, 1.807) is 0 Å². The molecule has 0 bridgehead atoms. The normalized spacial score (nSPS) is 11.4. The first kappa shape index (κ1) is 23.9. The van der Waals surface area contributed by atoms with Gasteiger partial charge in [0, 0.05) is 0 Å². The summed E-state index contributed by atoms with van der Waals surface area (Å²) < 4.78 is 0. The molecule has 3 rings (SSSR count). The molecule has 0 aliphatic heterocycles.